The maximum atomic E-state index is 13.9. The topological polar surface area (TPSA) is 74.8 Å². The average molecular weight is 444 g/mol. The number of benzene rings is 1. The van der Waals surface area contributed by atoms with Crippen LogP contribution in [0.2, 0.25) is 0 Å². The van der Waals surface area contributed by atoms with Gasteiger partial charge in [0, 0.05) is 50.9 Å². The highest BCUT2D eigenvalue weighted by molar-refractivity contribution is 5.94. The van der Waals surface area contributed by atoms with Crippen LogP contribution in [0.3, 0.4) is 0 Å². The molecule has 0 aliphatic carbocycles. The summed E-state index contributed by atoms with van der Waals surface area (Å²) < 4.78 is 32.3. The number of ether oxygens (including phenoxy) is 1. The molecule has 2 amide bonds. The third kappa shape index (κ3) is 5.21. The lowest BCUT2D eigenvalue weighted by Gasteiger charge is -2.31. The number of amides is 2. The highest BCUT2D eigenvalue weighted by atomic mass is 19.1. The van der Waals surface area contributed by atoms with Crippen LogP contribution in [0.15, 0.2) is 36.5 Å². The molecule has 0 spiro atoms. The molecule has 0 unspecified atom stereocenters. The van der Waals surface area contributed by atoms with E-state index in [1.54, 1.807) is 6.20 Å². The summed E-state index contributed by atoms with van der Waals surface area (Å²) in [6.07, 6.45) is 2.76. The molecule has 1 aromatic carbocycles. The first kappa shape index (κ1) is 22.1. The number of morpholine rings is 1. The van der Waals surface area contributed by atoms with E-state index in [0.717, 1.165) is 36.6 Å². The van der Waals surface area contributed by atoms with Gasteiger partial charge in [-0.25, -0.2) is 13.8 Å². The Morgan fingerprint density at radius 2 is 1.81 bits per heavy atom. The number of likely N-dealkylation sites (tertiary alicyclic amines) is 1. The number of halogens is 2. The van der Waals surface area contributed by atoms with E-state index < -0.39 is 17.5 Å². The third-order valence-corrected chi connectivity index (χ3v) is 5.93. The molecule has 9 heteroatoms. The predicted molar refractivity (Wildman–Crippen MR) is 114 cm³/mol. The number of carbonyl (C=O) groups is 2. The summed E-state index contributed by atoms with van der Waals surface area (Å²) in [6, 6.07) is 6.83. The van der Waals surface area contributed by atoms with E-state index in [4.69, 9.17) is 4.74 Å². The van der Waals surface area contributed by atoms with Gasteiger partial charge in [0.25, 0.3) is 5.91 Å². The van der Waals surface area contributed by atoms with Crippen molar-refractivity contribution in [3.63, 3.8) is 0 Å². The Balaban J connectivity index is 1.24. The van der Waals surface area contributed by atoms with Crippen molar-refractivity contribution in [1.29, 1.82) is 0 Å². The lowest BCUT2D eigenvalue weighted by atomic mass is 9.95. The minimum absolute atomic E-state index is 0.0673. The van der Waals surface area contributed by atoms with Gasteiger partial charge in [0.1, 0.15) is 17.5 Å². The van der Waals surface area contributed by atoms with Gasteiger partial charge in [0.15, 0.2) is 0 Å². The van der Waals surface area contributed by atoms with E-state index >= 15 is 0 Å². The van der Waals surface area contributed by atoms with Crippen LogP contribution >= 0.6 is 0 Å². The second-order valence-electron chi connectivity index (χ2n) is 8.03. The van der Waals surface area contributed by atoms with E-state index in [0.29, 0.717) is 51.8 Å². The monoisotopic (exact) mass is 444 g/mol. The number of hydrogen-bond acceptors (Lipinski definition) is 5. The van der Waals surface area contributed by atoms with Crippen LogP contribution in [0.1, 0.15) is 28.8 Å². The largest absolute Gasteiger partial charge is 0.378 e. The van der Waals surface area contributed by atoms with E-state index in [9.17, 15) is 18.4 Å². The third-order valence-electron chi connectivity index (χ3n) is 5.93. The zero-order valence-electron chi connectivity index (χ0n) is 17.7. The summed E-state index contributed by atoms with van der Waals surface area (Å²) in [6.45, 7) is 4.11. The summed E-state index contributed by atoms with van der Waals surface area (Å²) >= 11 is 0. The summed E-state index contributed by atoms with van der Waals surface area (Å²) in [5.41, 5.74) is 0.761. The molecule has 0 bridgehead atoms. The van der Waals surface area contributed by atoms with E-state index in [1.165, 1.54) is 4.90 Å². The summed E-state index contributed by atoms with van der Waals surface area (Å²) in [5, 5.41) is 2.94. The molecular weight excluding hydrogens is 418 g/mol. The quantitative estimate of drug-likeness (QED) is 0.767. The van der Waals surface area contributed by atoms with Gasteiger partial charge in [-0.3, -0.25) is 9.59 Å². The zero-order valence-corrected chi connectivity index (χ0v) is 17.7. The highest BCUT2D eigenvalue weighted by Gasteiger charge is 2.28. The van der Waals surface area contributed by atoms with Gasteiger partial charge in [-0.1, -0.05) is 6.07 Å². The molecule has 1 N–H and O–H groups in total. The number of carbonyl (C=O) groups excluding carboxylic acids is 2. The molecule has 2 aliphatic rings. The summed E-state index contributed by atoms with van der Waals surface area (Å²) in [4.78, 5) is 33.2. The number of nitrogens with one attached hydrogen (secondary N) is 1. The smallest absolute Gasteiger partial charge is 0.256 e. The molecule has 2 aliphatic heterocycles. The van der Waals surface area contributed by atoms with Crippen LogP contribution in [-0.2, 0) is 16.1 Å². The fourth-order valence-corrected chi connectivity index (χ4v) is 4.01. The second kappa shape index (κ2) is 10.0. The molecule has 2 fully saturated rings. The number of anilines is 1. The van der Waals surface area contributed by atoms with Crippen LogP contribution < -0.4 is 10.2 Å². The number of nitrogens with zero attached hydrogens (tertiary/aromatic N) is 3. The Kier molecular flexibility index (Phi) is 6.94. The lowest BCUT2D eigenvalue weighted by molar-refractivity contribution is -0.126. The van der Waals surface area contributed by atoms with Gasteiger partial charge in [0.2, 0.25) is 5.91 Å². The van der Waals surface area contributed by atoms with Gasteiger partial charge < -0.3 is 19.9 Å². The maximum absolute atomic E-state index is 13.9. The molecular formula is C23H26F2N4O3. The number of rotatable bonds is 5. The fraction of sp³-hybridized carbons (Fsp3) is 0.435. The van der Waals surface area contributed by atoms with Crippen molar-refractivity contribution < 1.29 is 23.1 Å². The van der Waals surface area contributed by atoms with Crippen molar-refractivity contribution in [2.24, 2.45) is 5.92 Å². The molecule has 170 valence electrons. The number of pyridine rings is 1. The molecule has 7 nitrogen and oxygen atoms in total. The van der Waals surface area contributed by atoms with Crippen molar-refractivity contribution in [2.75, 3.05) is 44.3 Å². The number of aromatic nitrogens is 1. The molecule has 2 saturated heterocycles. The van der Waals surface area contributed by atoms with Gasteiger partial charge in [0.05, 0.1) is 18.8 Å². The van der Waals surface area contributed by atoms with E-state index in [-0.39, 0.29) is 17.4 Å². The Morgan fingerprint density at radius 1 is 1.06 bits per heavy atom. The molecule has 4 rings (SSSR count). The number of hydrogen-bond donors (Lipinski definition) is 1. The first-order chi connectivity index (χ1) is 15.5. The second-order valence-corrected chi connectivity index (χ2v) is 8.03. The first-order valence-corrected chi connectivity index (χ1v) is 10.8. The summed E-state index contributed by atoms with van der Waals surface area (Å²) in [5.74, 6) is -1.45. The van der Waals surface area contributed by atoms with Crippen molar-refractivity contribution in [3.05, 3.63) is 59.3 Å². The van der Waals surface area contributed by atoms with Crippen molar-refractivity contribution >= 4 is 17.6 Å². The first-order valence-electron chi connectivity index (χ1n) is 10.8. The van der Waals surface area contributed by atoms with E-state index in [2.05, 4.69) is 15.2 Å². The molecule has 0 radical (unpaired) electrons. The van der Waals surface area contributed by atoms with Crippen molar-refractivity contribution in [1.82, 2.24) is 15.2 Å². The molecule has 0 atom stereocenters. The highest BCUT2D eigenvalue weighted by Crippen LogP contribution is 2.21. The van der Waals surface area contributed by atoms with Gasteiger partial charge >= 0.3 is 0 Å². The minimum Gasteiger partial charge on any atom is -0.378 e. The SMILES string of the molecule is O=C(NCc1ccc(N2CCOCC2)nc1)C1CCN(C(=O)c2ccc(F)cc2F)CC1. The van der Waals surface area contributed by atoms with Crippen LogP contribution in [0, 0.1) is 17.6 Å². The Bertz CT molecular complexity index is 956. The van der Waals surface area contributed by atoms with Crippen LogP contribution in [0.5, 0.6) is 0 Å². The van der Waals surface area contributed by atoms with Gasteiger partial charge in [-0.15, -0.1) is 0 Å². The molecule has 1 aromatic heterocycles. The van der Waals surface area contributed by atoms with Gasteiger partial charge in [-0.05, 0) is 36.6 Å². The van der Waals surface area contributed by atoms with Crippen LogP contribution in [0.25, 0.3) is 0 Å². The minimum atomic E-state index is -0.872. The molecule has 32 heavy (non-hydrogen) atoms. The summed E-state index contributed by atoms with van der Waals surface area (Å²) in [7, 11) is 0. The number of piperidine rings is 1. The normalized spacial score (nSPS) is 17.3. The lowest BCUT2D eigenvalue weighted by Crippen LogP contribution is -2.43. The van der Waals surface area contributed by atoms with Gasteiger partial charge in [-0.2, -0.15) is 0 Å². The van der Waals surface area contributed by atoms with Crippen LogP contribution in [-0.4, -0.2) is 61.1 Å². The Hall–Kier alpha value is -3.07. The van der Waals surface area contributed by atoms with Crippen LogP contribution in [0.4, 0.5) is 14.6 Å². The average Bonchev–Trinajstić information content (AvgIpc) is 2.83. The Labute approximate surface area is 185 Å². The zero-order chi connectivity index (χ0) is 22.5. The molecule has 2 aromatic rings. The molecule has 0 saturated carbocycles. The van der Waals surface area contributed by atoms with Crippen molar-refractivity contribution in [2.45, 2.75) is 19.4 Å². The Morgan fingerprint density at radius 3 is 2.47 bits per heavy atom. The van der Waals surface area contributed by atoms with E-state index in [1.807, 2.05) is 12.1 Å². The fourth-order valence-electron chi connectivity index (χ4n) is 4.01. The maximum Gasteiger partial charge on any atom is 0.256 e. The predicted octanol–water partition coefficient (Wildman–Crippen LogP) is 2.37. The van der Waals surface area contributed by atoms with Crippen molar-refractivity contribution in [3.8, 4) is 0 Å². The standard InChI is InChI=1S/C23H26F2N4O3/c24-18-2-3-19(20(25)13-18)23(31)29-7-5-17(6-8-29)22(30)27-15-16-1-4-21(26-14-16)28-9-11-32-12-10-28/h1-4,13-14,17H,5-12,15H2,(H,27,30). The molecule has 3 heterocycles.